The highest BCUT2D eigenvalue weighted by Crippen LogP contribution is 2.26. The second-order valence-electron chi connectivity index (χ2n) is 8.45. The molecule has 3 rings (SSSR count). The maximum absolute atomic E-state index is 13.9. The van der Waals surface area contributed by atoms with Crippen molar-refractivity contribution in [2.75, 3.05) is 60.5 Å². The van der Waals surface area contributed by atoms with Crippen molar-refractivity contribution in [3.63, 3.8) is 0 Å². The summed E-state index contributed by atoms with van der Waals surface area (Å²) >= 11 is 0. The molecule has 8 heteroatoms. The molecule has 0 aromatic heterocycles. The molecule has 0 radical (unpaired) electrons. The van der Waals surface area contributed by atoms with Crippen LogP contribution in [-0.4, -0.2) is 87.0 Å². The Balaban J connectivity index is 1.39. The summed E-state index contributed by atoms with van der Waals surface area (Å²) in [5.41, 5.74) is 0.854. The molecule has 0 spiro atoms. The van der Waals surface area contributed by atoms with E-state index in [4.69, 9.17) is 4.74 Å². The topological polar surface area (TPSA) is 60.4 Å². The highest BCUT2D eigenvalue weighted by Gasteiger charge is 2.29. The van der Waals surface area contributed by atoms with Gasteiger partial charge in [0, 0.05) is 65.8 Å². The third-order valence-corrected chi connectivity index (χ3v) is 6.31. The van der Waals surface area contributed by atoms with Crippen molar-refractivity contribution < 1.29 is 13.9 Å². The Bertz CT molecular complexity index is 758. The lowest BCUT2D eigenvalue weighted by Gasteiger charge is -2.36. The number of aliphatic imine (C=N–C) groups is 1. The van der Waals surface area contributed by atoms with E-state index in [9.17, 15) is 9.18 Å². The van der Waals surface area contributed by atoms with Gasteiger partial charge in [0.25, 0.3) is 0 Å². The molecule has 1 aliphatic carbocycles. The predicted molar refractivity (Wildman–Crippen MR) is 121 cm³/mol. The Kier molecular flexibility index (Phi) is 8.51. The van der Waals surface area contributed by atoms with Gasteiger partial charge < -0.3 is 19.9 Å². The van der Waals surface area contributed by atoms with Crippen LogP contribution in [0.2, 0.25) is 0 Å². The number of hydrogen-bond donors (Lipinski definition) is 1. The Morgan fingerprint density at radius 1 is 1.26 bits per heavy atom. The smallest absolute Gasteiger partial charge is 0.225 e. The second kappa shape index (κ2) is 11.3. The number of carbonyl (C=O) groups is 1. The summed E-state index contributed by atoms with van der Waals surface area (Å²) in [5, 5.41) is 3.39. The number of nitrogens with one attached hydrogen (secondary N) is 1. The zero-order chi connectivity index (χ0) is 22.2. The molecule has 1 aliphatic heterocycles. The normalized spacial score (nSPS) is 18.3. The van der Waals surface area contributed by atoms with Crippen LogP contribution in [0.15, 0.2) is 23.2 Å². The van der Waals surface area contributed by atoms with Gasteiger partial charge >= 0.3 is 0 Å². The van der Waals surface area contributed by atoms with Crippen LogP contribution >= 0.6 is 0 Å². The van der Waals surface area contributed by atoms with Crippen LogP contribution in [0.5, 0.6) is 5.75 Å². The quantitative estimate of drug-likeness (QED) is 0.528. The first kappa shape index (κ1) is 23.3. The maximum atomic E-state index is 13.9. The number of nitrogens with zero attached hydrogens (tertiary/aromatic N) is 4. The van der Waals surface area contributed by atoms with E-state index >= 15 is 0 Å². The van der Waals surface area contributed by atoms with E-state index < -0.39 is 0 Å². The number of halogens is 1. The largest absolute Gasteiger partial charge is 0.494 e. The molecule has 31 heavy (non-hydrogen) atoms. The molecule has 2 aliphatic rings. The Morgan fingerprint density at radius 2 is 1.97 bits per heavy atom. The molecule has 7 nitrogen and oxygen atoms in total. The van der Waals surface area contributed by atoms with Crippen LogP contribution in [0.1, 0.15) is 31.2 Å². The van der Waals surface area contributed by atoms with Gasteiger partial charge in [-0.1, -0.05) is 18.9 Å². The summed E-state index contributed by atoms with van der Waals surface area (Å²) in [5.74, 6) is 1.30. The minimum absolute atomic E-state index is 0.249. The van der Waals surface area contributed by atoms with Gasteiger partial charge in [-0.25, -0.2) is 4.39 Å². The van der Waals surface area contributed by atoms with Crippen molar-refractivity contribution in [3.05, 3.63) is 29.6 Å². The molecule has 0 bridgehead atoms. The Hall–Kier alpha value is -2.35. The van der Waals surface area contributed by atoms with E-state index in [-0.39, 0.29) is 17.5 Å². The maximum Gasteiger partial charge on any atom is 0.225 e. The van der Waals surface area contributed by atoms with Crippen LogP contribution in [0.3, 0.4) is 0 Å². The summed E-state index contributed by atoms with van der Waals surface area (Å²) < 4.78 is 18.9. The lowest BCUT2D eigenvalue weighted by Crippen LogP contribution is -2.51. The number of carbonyl (C=O) groups excluding carboxylic acids is 1. The van der Waals surface area contributed by atoms with Crippen LogP contribution in [0.25, 0.3) is 0 Å². The number of amides is 1. The number of piperazine rings is 1. The minimum atomic E-state index is -0.359. The summed E-state index contributed by atoms with van der Waals surface area (Å²) in [4.78, 5) is 23.3. The number of benzene rings is 1. The molecule has 0 atom stereocenters. The number of guanidine groups is 1. The predicted octanol–water partition coefficient (Wildman–Crippen LogP) is 2.18. The summed E-state index contributed by atoms with van der Waals surface area (Å²) in [6, 6.07) is 5.00. The van der Waals surface area contributed by atoms with Gasteiger partial charge in [-0.2, -0.15) is 0 Å². The van der Waals surface area contributed by atoms with Gasteiger partial charge in [0.1, 0.15) is 0 Å². The van der Waals surface area contributed by atoms with Crippen LogP contribution in [0, 0.1) is 11.7 Å². The molecule has 1 heterocycles. The monoisotopic (exact) mass is 433 g/mol. The molecular weight excluding hydrogens is 397 g/mol. The molecule has 1 aromatic carbocycles. The van der Waals surface area contributed by atoms with Gasteiger partial charge in [-0.05, 0) is 30.5 Å². The van der Waals surface area contributed by atoms with Crippen molar-refractivity contribution >= 4 is 11.9 Å². The zero-order valence-corrected chi connectivity index (χ0v) is 19.1. The average Bonchev–Trinajstić information content (AvgIpc) is 3.32. The highest BCUT2D eigenvalue weighted by molar-refractivity contribution is 5.80. The minimum Gasteiger partial charge on any atom is -0.494 e. The van der Waals surface area contributed by atoms with Crippen LogP contribution in [-0.2, 0) is 11.3 Å². The number of methoxy groups -OCH3 is 1. The van der Waals surface area contributed by atoms with E-state index in [1.165, 1.54) is 26.0 Å². The average molecular weight is 434 g/mol. The van der Waals surface area contributed by atoms with Crippen molar-refractivity contribution in [1.82, 2.24) is 20.0 Å². The molecule has 172 valence electrons. The first-order valence-corrected chi connectivity index (χ1v) is 11.3. The zero-order valence-electron chi connectivity index (χ0n) is 19.1. The van der Waals surface area contributed by atoms with E-state index in [1.54, 1.807) is 13.1 Å². The number of ether oxygens (including phenoxy) is 1. The summed E-state index contributed by atoms with van der Waals surface area (Å²) in [7, 11) is 5.15. The lowest BCUT2D eigenvalue weighted by molar-refractivity contribution is -0.137. The fourth-order valence-electron chi connectivity index (χ4n) is 4.49. The third kappa shape index (κ3) is 6.32. The first-order chi connectivity index (χ1) is 15.0. The first-order valence-electron chi connectivity index (χ1n) is 11.3. The molecule has 1 aromatic rings. The van der Waals surface area contributed by atoms with Gasteiger partial charge in [0.2, 0.25) is 5.91 Å². The second-order valence-corrected chi connectivity index (χ2v) is 8.45. The van der Waals surface area contributed by atoms with Crippen LogP contribution in [0.4, 0.5) is 4.39 Å². The molecular formula is C23H36FN5O2. The Morgan fingerprint density at radius 3 is 2.58 bits per heavy atom. The standard InChI is InChI=1S/C23H36FN5O2/c1-25-23(27(2)17-18-8-9-21(31-3)20(24)16-18)26-10-11-28-12-14-29(15-13-28)22(30)19-6-4-5-7-19/h8-9,16,19H,4-7,10-15,17H2,1-3H3,(H,25,26). The van der Waals surface area contributed by atoms with Gasteiger partial charge in [-0.15, -0.1) is 0 Å². The summed E-state index contributed by atoms with van der Waals surface area (Å²) in [6.45, 7) is 5.70. The molecule has 1 saturated carbocycles. The van der Waals surface area contributed by atoms with E-state index in [0.29, 0.717) is 12.5 Å². The number of hydrogen-bond acceptors (Lipinski definition) is 4. The number of rotatable bonds is 7. The fraction of sp³-hybridized carbons (Fsp3) is 0.652. The summed E-state index contributed by atoms with van der Waals surface area (Å²) in [6.07, 6.45) is 4.54. The molecule has 1 N–H and O–H groups in total. The Labute approximate surface area is 185 Å². The van der Waals surface area contributed by atoms with E-state index in [1.807, 2.05) is 18.0 Å². The van der Waals surface area contributed by atoms with E-state index in [0.717, 1.165) is 63.6 Å². The van der Waals surface area contributed by atoms with Gasteiger partial charge in [0.15, 0.2) is 17.5 Å². The molecule has 2 fully saturated rings. The SMILES string of the molecule is CN=C(NCCN1CCN(C(=O)C2CCCC2)CC1)N(C)Cc1ccc(OC)c(F)c1. The fourth-order valence-corrected chi connectivity index (χ4v) is 4.49. The van der Waals surface area contributed by atoms with Crippen molar-refractivity contribution in [2.24, 2.45) is 10.9 Å². The molecule has 1 saturated heterocycles. The third-order valence-electron chi connectivity index (χ3n) is 6.31. The molecule has 0 unspecified atom stereocenters. The van der Waals surface area contributed by atoms with Crippen LogP contribution < -0.4 is 10.1 Å². The van der Waals surface area contributed by atoms with Gasteiger partial charge in [0.05, 0.1) is 7.11 Å². The van der Waals surface area contributed by atoms with Crippen molar-refractivity contribution in [3.8, 4) is 5.75 Å². The van der Waals surface area contributed by atoms with Crippen molar-refractivity contribution in [2.45, 2.75) is 32.2 Å². The van der Waals surface area contributed by atoms with Gasteiger partial charge in [-0.3, -0.25) is 14.7 Å². The highest BCUT2D eigenvalue weighted by atomic mass is 19.1. The van der Waals surface area contributed by atoms with E-state index in [2.05, 4.69) is 20.1 Å². The lowest BCUT2D eigenvalue weighted by atomic mass is 10.1. The van der Waals surface area contributed by atoms with Crippen molar-refractivity contribution in [1.29, 1.82) is 0 Å². The molecule has 1 amide bonds.